The van der Waals surface area contributed by atoms with Gasteiger partial charge < -0.3 is 38.5 Å². The number of amides is 1. The molecular formula is C22H49NO8. The minimum atomic E-state index is -0.167. The molecule has 0 aliphatic carbocycles. The Morgan fingerprint density at radius 2 is 0.871 bits per heavy atom. The second kappa shape index (κ2) is 31.4. The lowest BCUT2D eigenvalue weighted by molar-refractivity contribution is -0.126. The normalized spacial score (nSPS) is 10.6. The Bertz CT molecular complexity index is 341. The van der Waals surface area contributed by atoms with Gasteiger partial charge in [0.15, 0.2) is 0 Å². The Morgan fingerprint density at radius 3 is 1.26 bits per heavy atom. The zero-order valence-electron chi connectivity index (χ0n) is 20.3. The van der Waals surface area contributed by atoms with Crippen molar-refractivity contribution in [2.24, 2.45) is 0 Å². The molecule has 0 radical (unpaired) electrons. The summed E-state index contributed by atoms with van der Waals surface area (Å²) < 4.78 is 37.3. The van der Waals surface area contributed by atoms with E-state index in [1.807, 2.05) is 13.8 Å². The fraction of sp³-hybridized carbons (Fsp3) is 0.955. The number of carbonyl (C=O) groups is 1. The highest BCUT2D eigenvalue weighted by atomic mass is 16.6. The second-order valence-corrected chi connectivity index (χ2v) is 6.08. The molecule has 0 aromatic rings. The van der Waals surface area contributed by atoms with Crippen LogP contribution in [0.3, 0.4) is 0 Å². The molecule has 9 heteroatoms. The third-order valence-electron chi connectivity index (χ3n) is 3.36. The van der Waals surface area contributed by atoms with Crippen LogP contribution in [0.1, 0.15) is 42.0 Å². The molecule has 1 N–H and O–H groups in total. The van der Waals surface area contributed by atoms with E-state index in [0.29, 0.717) is 79.2 Å². The van der Waals surface area contributed by atoms with Gasteiger partial charge in [-0.1, -0.05) is 27.7 Å². The Hall–Kier alpha value is -0.810. The summed E-state index contributed by atoms with van der Waals surface area (Å²) in [6.45, 7) is 15.8. The van der Waals surface area contributed by atoms with E-state index < -0.39 is 0 Å². The lowest BCUT2D eigenvalue weighted by Crippen LogP contribution is -2.31. The summed E-state index contributed by atoms with van der Waals surface area (Å²) in [5.74, 6) is -0.167. The Kier molecular flexibility index (Phi) is 32.8. The maximum absolute atomic E-state index is 11.6. The smallest absolute Gasteiger partial charge is 0.246 e. The topological polar surface area (TPSA) is 93.7 Å². The van der Waals surface area contributed by atoms with E-state index in [1.54, 1.807) is 0 Å². The second-order valence-electron chi connectivity index (χ2n) is 6.08. The van der Waals surface area contributed by atoms with Crippen LogP contribution in [0.5, 0.6) is 0 Å². The summed E-state index contributed by atoms with van der Waals surface area (Å²) >= 11 is 0. The summed E-state index contributed by atoms with van der Waals surface area (Å²) in [4.78, 5) is 11.6. The van der Waals surface area contributed by atoms with Gasteiger partial charge in [0, 0.05) is 21.2 Å². The van der Waals surface area contributed by atoms with Crippen molar-refractivity contribution in [1.29, 1.82) is 0 Å². The third-order valence-corrected chi connectivity index (χ3v) is 3.36. The quantitative estimate of drug-likeness (QED) is 0.222. The maximum Gasteiger partial charge on any atom is 0.246 e. The maximum atomic E-state index is 11.6. The van der Waals surface area contributed by atoms with E-state index in [0.717, 1.165) is 26.1 Å². The highest BCUT2D eigenvalue weighted by Crippen LogP contribution is 1.85. The largest absolute Gasteiger partial charge is 0.379 e. The van der Waals surface area contributed by atoms with Crippen LogP contribution in [-0.2, 0) is 38.0 Å². The van der Waals surface area contributed by atoms with Gasteiger partial charge in [-0.25, -0.2) is 0 Å². The zero-order chi connectivity index (χ0) is 23.3. The molecular weight excluding hydrogens is 406 g/mol. The summed E-state index contributed by atoms with van der Waals surface area (Å²) in [5, 5.41) is 2.72. The molecule has 0 atom stereocenters. The van der Waals surface area contributed by atoms with Crippen molar-refractivity contribution in [2.45, 2.75) is 40.5 Å². The summed E-state index contributed by atoms with van der Waals surface area (Å²) in [7, 11) is 0. The Morgan fingerprint density at radius 1 is 0.548 bits per heavy atom. The van der Waals surface area contributed by atoms with Crippen LogP contribution >= 0.6 is 0 Å². The SMILES string of the molecule is CC.CCCOCCOCCNC(=O)COCCOCCOCCOCCOCCC.[HH]. The van der Waals surface area contributed by atoms with E-state index in [1.165, 1.54) is 0 Å². The Labute approximate surface area is 190 Å². The summed E-state index contributed by atoms with van der Waals surface area (Å²) in [6, 6.07) is 0. The van der Waals surface area contributed by atoms with Crippen molar-refractivity contribution in [3.63, 3.8) is 0 Å². The van der Waals surface area contributed by atoms with E-state index in [-0.39, 0.29) is 13.9 Å². The number of rotatable bonds is 24. The molecule has 0 aliphatic heterocycles. The van der Waals surface area contributed by atoms with Crippen molar-refractivity contribution < 1.29 is 39.4 Å². The standard InChI is InChI=1S/C20H41NO8.C2H6.H2/c1-3-6-23-9-11-25-8-5-21-20(22)19-29-18-17-28-16-15-27-14-13-26-12-10-24-7-4-2;1-2;/h3-19H2,1-2H3,(H,21,22);1-2H3;1H. The molecule has 190 valence electrons. The average molecular weight is 456 g/mol. The Balaban J connectivity index is -0.00000272. The van der Waals surface area contributed by atoms with Crippen molar-refractivity contribution in [2.75, 3.05) is 99.0 Å². The molecule has 0 saturated heterocycles. The minimum Gasteiger partial charge on any atom is -0.379 e. The van der Waals surface area contributed by atoms with Gasteiger partial charge in [-0.3, -0.25) is 4.79 Å². The fourth-order valence-corrected chi connectivity index (χ4v) is 1.97. The first-order valence-electron chi connectivity index (χ1n) is 11.6. The van der Waals surface area contributed by atoms with E-state index >= 15 is 0 Å². The zero-order valence-corrected chi connectivity index (χ0v) is 20.3. The molecule has 0 aromatic heterocycles. The number of hydrogen-bond donors (Lipinski definition) is 1. The summed E-state index contributed by atoms with van der Waals surface area (Å²) in [5.41, 5.74) is 0. The predicted octanol–water partition coefficient (Wildman–Crippen LogP) is 2.31. The van der Waals surface area contributed by atoms with Gasteiger partial charge in [-0.05, 0) is 12.8 Å². The molecule has 0 unspecified atom stereocenters. The fourth-order valence-electron chi connectivity index (χ4n) is 1.97. The van der Waals surface area contributed by atoms with Crippen LogP contribution in [0.25, 0.3) is 0 Å². The van der Waals surface area contributed by atoms with Crippen LogP contribution in [0.2, 0.25) is 0 Å². The molecule has 0 bridgehead atoms. The van der Waals surface area contributed by atoms with Gasteiger partial charge >= 0.3 is 0 Å². The number of ether oxygens (including phenoxy) is 7. The van der Waals surface area contributed by atoms with Crippen LogP contribution in [0, 0.1) is 0 Å². The molecule has 1 amide bonds. The highest BCUT2D eigenvalue weighted by Gasteiger charge is 2.00. The van der Waals surface area contributed by atoms with Gasteiger partial charge in [0.2, 0.25) is 5.91 Å². The van der Waals surface area contributed by atoms with Crippen LogP contribution in [0.4, 0.5) is 0 Å². The first kappa shape index (κ1) is 32.4. The molecule has 0 fully saturated rings. The molecule has 0 saturated carbocycles. The van der Waals surface area contributed by atoms with Crippen molar-refractivity contribution in [3.8, 4) is 0 Å². The van der Waals surface area contributed by atoms with Crippen LogP contribution in [0.15, 0.2) is 0 Å². The van der Waals surface area contributed by atoms with E-state index in [2.05, 4.69) is 19.2 Å². The predicted molar refractivity (Wildman–Crippen MR) is 123 cm³/mol. The van der Waals surface area contributed by atoms with E-state index in [9.17, 15) is 4.79 Å². The summed E-state index contributed by atoms with van der Waals surface area (Å²) in [6.07, 6.45) is 2.02. The van der Waals surface area contributed by atoms with Gasteiger partial charge in [-0.2, -0.15) is 0 Å². The lowest BCUT2D eigenvalue weighted by atomic mass is 10.5. The molecule has 9 nitrogen and oxygen atoms in total. The minimum absolute atomic E-state index is 0. The highest BCUT2D eigenvalue weighted by molar-refractivity contribution is 5.77. The molecule has 0 spiro atoms. The monoisotopic (exact) mass is 455 g/mol. The molecule has 31 heavy (non-hydrogen) atoms. The van der Waals surface area contributed by atoms with Crippen LogP contribution < -0.4 is 5.32 Å². The molecule has 0 heterocycles. The van der Waals surface area contributed by atoms with Crippen LogP contribution in [-0.4, -0.2) is 105 Å². The van der Waals surface area contributed by atoms with Crippen molar-refractivity contribution in [3.05, 3.63) is 0 Å². The molecule has 0 aliphatic rings. The van der Waals surface area contributed by atoms with Gasteiger partial charge in [0.1, 0.15) is 6.61 Å². The first-order chi connectivity index (χ1) is 15.3. The molecule has 0 rings (SSSR count). The third kappa shape index (κ3) is 31.5. The van der Waals surface area contributed by atoms with Gasteiger partial charge in [0.05, 0.1) is 72.7 Å². The number of hydrogen-bond acceptors (Lipinski definition) is 8. The molecule has 0 aromatic carbocycles. The van der Waals surface area contributed by atoms with Crippen molar-refractivity contribution >= 4 is 5.91 Å². The average Bonchev–Trinajstić information content (AvgIpc) is 2.79. The van der Waals surface area contributed by atoms with Gasteiger partial charge in [0.25, 0.3) is 0 Å². The van der Waals surface area contributed by atoms with Gasteiger partial charge in [-0.15, -0.1) is 0 Å². The lowest BCUT2D eigenvalue weighted by Gasteiger charge is -2.08. The van der Waals surface area contributed by atoms with E-state index in [4.69, 9.17) is 33.2 Å². The number of nitrogens with one attached hydrogen (secondary N) is 1. The number of carbonyl (C=O) groups excluding carboxylic acids is 1. The first-order valence-corrected chi connectivity index (χ1v) is 11.6. The van der Waals surface area contributed by atoms with Crippen molar-refractivity contribution in [1.82, 2.24) is 5.32 Å².